The summed E-state index contributed by atoms with van der Waals surface area (Å²) in [6, 6.07) is 2.16. The molecule has 1 nitrogen and oxygen atoms in total. The van der Waals surface area contributed by atoms with E-state index in [1.54, 1.807) is 11.3 Å². The first-order valence-corrected chi connectivity index (χ1v) is 3.89. The SMILES string of the molecule is CN(C)Cc1ccsc1. The summed E-state index contributed by atoms with van der Waals surface area (Å²) >= 11 is 1.75. The second-order valence-electron chi connectivity index (χ2n) is 2.37. The van der Waals surface area contributed by atoms with Crippen LogP contribution in [0, 0.1) is 0 Å². The van der Waals surface area contributed by atoms with Crippen LogP contribution in [0.4, 0.5) is 0 Å². The van der Waals surface area contributed by atoms with Gasteiger partial charge in [-0.25, -0.2) is 0 Å². The molecule has 0 saturated heterocycles. The van der Waals surface area contributed by atoms with Gasteiger partial charge in [-0.15, -0.1) is 0 Å². The first kappa shape index (κ1) is 6.78. The molecular weight excluding hydrogens is 130 g/mol. The van der Waals surface area contributed by atoms with E-state index in [1.807, 2.05) is 0 Å². The minimum absolute atomic E-state index is 1.06. The third-order valence-electron chi connectivity index (χ3n) is 1.08. The van der Waals surface area contributed by atoms with Crippen molar-refractivity contribution >= 4 is 11.3 Å². The molecule has 0 amide bonds. The summed E-state index contributed by atoms with van der Waals surface area (Å²) in [7, 11) is 4.16. The van der Waals surface area contributed by atoms with Crippen molar-refractivity contribution in [2.24, 2.45) is 0 Å². The molecule has 1 aromatic rings. The van der Waals surface area contributed by atoms with Gasteiger partial charge in [0.15, 0.2) is 0 Å². The van der Waals surface area contributed by atoms with Crippen LogP contribution in [-0.2, 0) is 6.54 Å². The van der Waals surface area contributed by atoms with Crippen LogP contribution in [0.5, 0.6) is 0 Å². The maximum atomic E-state index is 2.18. The molecule has 0 saturated carbocycles. The van der Waals surface area contributed by atoms with E-state index in [0.717, 1.165) is 6.54 Å². The topological polar surface area (TPSA) is 3.24 Å². The summed E-state index contributed by atoms with van der Waals surface area (Å²) in [5, 5.41) is 4.29. The summed E-state index contributed by atoms with van der Waals surface area (Å²) in [6.45, 7) is 1.06. The third-order valence-corrected chi connectivity index (χ3v) is 1.81. The Morgan fingerprint density at radius 1 is 1.56 bits per heavy atom. The van der Waals surface area contributed by atoms with E-state index in [0.29, 0.717) is 0 Å². The Balaban J connectivity index is 2.48. The van der Waals surface area contributed by atoms with E-state index in [9.17, 15) is 0 Å². The Kier molecular flexibility index (Phi) is 2.25. The molecule has 2 heteroatoms. The predicted octanol–water partition coefficient (Wildman–Crippen LogP) is 1.81. The lowest BCUT2D eigenvalue weighted by molar-refractivity contribution is 0.403. The van der Waals surface area contributed by atoms with Gasteiger partial charge in [-0.2, -0.15) is 11.3 Å². The molecule has 0 spiro atoms. The van der Waals surface area contributed by atoms with E-state index >= 15 is 0 Å². The molecule has 1 heterocycles. The molecule has 1 aromatic heterocycles. The fourth-order valence-corrected chi connectivity index (χ4v) is 1.41. The van der Waals surface area contributed by atoms with Gasteiger partial charge in [0.1, 0.15) is 0 Å². The quantitative estimate of drug-likeness (QED) is 0.607. The Morgan fingerprint density at radius 3 is 2.78 bits per heavy atom. The molecule has 0 atom stereocenters. The van der Waals surface area contributed by atoms with Gasteiger partial charge in [0.25, 0.3) is 0 Å². The van der Waals surface area contributed by atoms with Crippen molar-refractivity contribution in [2.75, 3.05) is 14.1 Å². The smallest absolute Gasteiger partial charge is 0.0235 e. The molecule has 0 aliphatic rings. The first-order valence-electron chi connectivity index (χ1n) is 2.95. The fraction of sp³-hybridized carbons (Fsp3) is 0.429. The van der Waals surface area contributed by atoms with Gasteiger partial charge in [0.05, 0.1) is 0 Å². The predicted molar refractivity (Wildman–Crippen MR) is 41.7 cm³/mol. The van der Waals surface area contributed by atoms with Crippen LogP contribution in [0.2, 0.25) is 0 Å². The highest BCUT2D eigenvalue weighted by Crippen LogP contribution is 2.06. The number of nitrogens with zero attached hydrogens (tertiary/aromatic N) is 1. The summed E-state index contributed by atoms with van der Waals surface area (Å²) in [5.74, 6) is 0. The second kappa shape index (κ2) is 2.99. The van der Waals surface area contributed by atoms with Gasteiger partial charge in [-0.05, 0) is 36.5 Å². The van der Waals surface area contributed by atoms with Gasteiger partial charge >= 0.3 is 0 Å². The lowest BCUT2D eigenvalue weighted by atomic mass is 10.3. The normalized spacial score (nSPS) is 10.6. The zero-order chi connectivity index (χ0) is 6.69. The maximum Gasteiger partial charge on any atom is 0.0235 e. The van der Waals surface area contributed by atoms with E-state index < -0.39 is 0 Å². The lowest BCUT2D eigenvalue weighted by Gasteiger charge is -2.05. The van der Waals surface area contributed by atoms with Crippen LogP contribution in [-0.4, -0.2) is 19.0 Å². The van der Waals surface area contributed by atoms with Crippen LogP contribution >= 0.6 is 11.3 Å². The summed E-state index contributed by atoms with van der Waals surface area (Å²) in [4.78, 5) is 2.17. The minimum Gasteiger partial charge on any atom is -0.305 e. The molecule has 0 aliphatic heterocycles. The van der Waals surface area contributed by atoms with Crippen molar-refractivity contribution in [2.45, 2.75) is 6.54 Å². The second-order valence-corrected chi connectivity index (χ2v) is 3.15. The summed E-state index contributed by atoms with van der Waals surface area (Å²) in [6.07, 6.45) is 0. The molecule has 0 aromatic carbocycles. The third kappa shape index (κ3) is 2.16. The Bertz CT molecular complexity index is 155. The standard InChI is InChI=1S/C7H11NS/c1-8(2)5-7-3-4-9-6-7/h3-4,6H,5H2,1-2H3. The van der Waals surface area contributed by atoms with Crippen LogP contribution < -0.4 is 0 Å². The average molecular weight is 141 g/mol. The summed E-state index contributed by atoms with van der Waals surface area (Å²) in [5.41, 5.74) is 1.41. The molecule has 1 rings (SSSR count). The van der Waals surface area contributed by atoms with Crippen molar-refractivity contribution in [3.05, 3.63) is 22.4 Å². The van der Waals surface area contributed by atoms with Crippen molar-refractivity contribution in [1.82, 2.24) is 4.90 Å². The van der Waals surface area contributed by atoms with Crippen molar-refractivity contribution in [3.8, 4) is 0 Å². The highest BCUT2D eigenvalue weighted by molar-refractivity contribution is 7.07. The zero-order valence-corrected chi connectivity index (χ0v) is 6.61. The molecule has 0 radical (unpaired) electrons. The van der Waals surface area contributed by atoms with Crippen LogP contribution in [0.3, 0.4) is 0 Å². The largest absolute Gasteiger partial charge is 0.305 e. The number of hydrogen-bond donors (Lipinski definition) is 0. The van der Waals surface area contributed by atoms with Crippen molar-refractivity contribution in [3.63, 3.8) is 0 Å². The highest BCUT2D eigenvalue weighted by atomic mass is 32.1. The minimum atomic E-state index is 1.06. The van der Waals surface area contributed by atoms with E-state index in [-0.39, 0.29) is 0 Å². The molecule has 0 unspecified atom stereocenters. The highest BCUT2D eigenvalue weighted by Gasteiger charge is 1.92. The van der Waals surface area contributed by atoms with E-state index in [1.165, 1.54) is 5.56 Å². The first-order chi connectivity index (χ1) is 4.29. The summed E-state index contributed by atoms with van der Waals surface area (Å²) < 4.78 is 0. The Labute approximate surface area is 59.9 Å². The molecule has 0 bridgehead atoms. The number of thiophene rings is 1. The van der Waals surface area contributed by atoms with E-state index in [4.69, 9.17) is 0 Å². The van der Waals surface area contributed by atoms with Gasteiger partial charge < -0.3 is 4.90 Å². The van der Waals surface area contributed by atoms with Crippen LogP contribution in [0.1, 0.15) is 5.56 Å². The van der Waals surface area contributed by atoms with E-state index in [2.05, 4.69) is 35.8 Å². The Morgan fingerprint density at radius 2 is 2.33 bits per heavy atom. The molecule has 0 N–H and O–H groups in total. The van der Waals surface area contributed by atoms with Gasteiger partial charge in [0, 0.05) is 6.54 Å². The number of hydrogen-bond acceptors (Lipinski definition) is 2. The van der Waals surface area contributed by atoms with Gasteiger partial charge in [-0.1, -0.05) is 0 Å². The van der Waals surface area contributed by atoms with Gasteiger partial charge in [0.2, 0.25) is 0 Å². The van der Waals surface area contributed by atoms with Crippen molar-refractivity contribution < 1.29 is 0 Å². The maximum absolute atomic E-state index is 2.18. The van der Waals surface area contributed by atoms with Crippen LogP contribution in [0.25, 0.3) is 0 Å². The fourth-order valence-electron chi connectivity index (χ4n) is 0.748. The molecule has 0 aliphatic carbocycles. The molecular formula is C7H11NS. The molecule has 9 heavy (non-hydrogen) atoms. The van der Waals surface area contributed by atoms with Crippen molar-refractivity contribution in [1.29, 1.82) is 0 Å². The molecule has 0 fully saturated rings. The number of rotatable bonds is 2. The monoisotopic (exact) mass is 141 g/mol. The Hall–Kier alpha value is -0.340. The average Bonchev–Trinajstić information content (AvgIpc) is 2.15. The molecule has 50 valence electrons. The lowest BCUT2D eigenvalue weighted by Crippen LogP contribution is -2.09. The van der Waals surface area contributed by atoms with Gasteiger partial charge in [-0.3, -0.25) is 0 Å². The zero-order valence-electron chi connectivity index (χ0n) is 5.79. The van der Waals surface area contributed by atoms with Crippen LogP contribution in [0.15, 0.2) is 16.8 Å².